The molecule has 0 aliphatic heterocycles. The Morgan fingerprint density at radius 1 is 1.07 bits per heavy atom. The summed E-state index contributed by atoms with van der Waals surface area (Å²) >= 11 is 1.38. The van der Waals surface area contributed by atoms with Gasteiger partial charge in [0.2, 0.25) is 0 Å². The number of aromatic nitrogens is 3. The second-order valence-electron chi connectivity index (χ2n) is 6.99. The number of fused-ring (bicyclic) bond motifs is 1. The Balaban J connectivity index is 1.34. The van der Waals surface area contributed by atoms with Gasteiger partial charge in [-0.3, -0.25) is 10.1 Å². The molecule has 4 aromatic rings. The summed E-state index contributed by atoms with van der Waals surface area (Å²) in [5, 5.41) is 3.15. The van der Waals surface area contributed by atoms with Crippen LogP contribution in [0.2, 0.25) is 0 Å². The molecule has 0 fully saturated rings. The van der Waals surface area contributed by atoms with Crippen molar-refractivity contribution in [2.75, 3.05) is 11.9 Å². The number of esters is 1. The minimum atomic E-state index is -0.566. The van der Waals surface area contributed by atoms with Crippen molar-refractivity contribution in [3.05, 3.63) is 65.0 Å². The topological polar surface area (TPSA) is 97.0 Å². The van der Waals surface area contributed by atoms with E-state index in [2.05, 4.69) is 20.3 Å². The first-order chi connectivity index (χ1) is 14.4. The fourth-order valence-electron chi connectivity index (χ4n) is 2.90. The number of hydrogen-bond acceptors (Lipinski definition) is 6. The molecule has 2 N–H and O–H groups in total. The lowest BCUT2D eigenvalue weighted by atomic mass is 10.1. The van der Waals surface area contributed by atoms with Crippen LogP contribution in [0.4, 0.5) is 5.13 Å². The summed E-state index contributed by atoms with van der Waals surface area (Å²) in [4.78, 5) is 36.4. The van der Waals surface area contributed by atoms with Gasteiger partial charge >= 0.3 is 5.97 Å². The van der Waals surface area contributed by atoms with Gasteiger partial charge in [-0.1, -0.05) is 29.5 Å². The molecule has 1 amide bonds. The predicted molar refractivity (Wildman–Crippen MR) is 117 cm³/mol. The zero-order chi connectivity index (χ0) is 21.3. The molecule has 8 heteroatoms. The molecule has 0 radical (unpaired) electrons. The van der Waals surface area contributed by atoms with Crippen molar-refractivity contribution in [3.63, 3.8) is 0 Å². The van der Waals surface area contributed by atoms with Crippen LogP contribution in [-0.4, -0.2) is 33.4 Å². The molecule has 0 unspecified atom stereocenters. The lowest BCUT2D eigenvalue weighted by molar-refractivity contribution is -0.119. The Morgan fingerprint density at radius 3 is 2.53 bits per heavy atom. The average Bonchev–Trinajstić information content (AvgIpc) is 3.28. The van der Waals surface area contributed by atoms with Crippen molar-refractivity contribution in [2.45, 2.75) is 20.8 Å². The van der Waals surface area contributed by atoms with E-state index in [1.54, 1.807) is 24.3 Å². The smallest absolute Gasteiger partial charge is 0.338 e. The number of carbonyl (C=O) groups is 2. The summed E-state index contributed by atoms with van der Waals surface area (Å²) in [5.74, 6) is -0.254. The highest BCUT2D eigenvalue weighted by molar-refractivity contribution is 7.22. The Labute approximate surface area is 177 Å². The lowest BCUT2D eigenvalue weighted by Gasteiger charge is -2.05. The summed E-state index contributed by atoms with van der Waals surface area (Å²) < 4.78 is 6.12. The number of amides is 1. The molecule has 0 aliphatic carbocycles. The Hall–Kier alpha value is -3.52. The Morgan fingerprint density at radius 2 is 1.83 bits per heavy atom. The SMILES string of the molecule is Cc1ccc2nc(NC(=O)COC(=O)c3ccc(-c4nc(C)c(C)[nH]4)cc3)sc2c1. The lowest BCUT2D eigenvalue weighted by Crippen LogP contribution is -2.20. The largest absolute Gasteiger partial charge is 0.452 e. The molecule has 0 saturated carbocycles. The summed E-state index contributed by atoms with van der Waals surface area (Å²) in [7, 11) is 0. The minimum Gasteiger partial charge on any atom is -0.452 e. The van der Waals surface area contributed by atoms with Crippen LogP contribution in [0.3, 0.4) is 0 Å². The molecule has 4 rings (SSSR count). The van der Waals surface area contributed by atoms with Gasteiger partial charge in [0.05, 0.1) is 21.5 Å². The third kappa shape index (κ3) is 4.23. The normalized spacial score (nSPS) is 10.9. The third-order valence-electron chi connectivity index (χ3n) is 4.65. The van der Waals surface area contributed by atoms with Crippen LogP contribution in [0, 0.1) is 20.8 Å². The van der Waals surface area contributed by atoms with Crippen molar-refractivity contribution in [1.29, 1.82) is 0 Å². The van der Waals surface area contributed by atoms with Crippen LogP contribution in [0.25, 0.3) is 21.6 Å². The number of hydrogen-bond donors (Lipinski definition) is 2. The quantitative estimate of drug-likeness (QED) is 0.466. The van der Waals surface area contributed by atoms with Crippen molar-refractivity contribution >= 4 is 38.6 Å². The summed E-state index contributed by atoms with van der Waals surface area (Å²) in [6.07, 6.45) is 0. The van der Waals surface area contributed by atoms with E-state index in [-0.39, 0.29) is 6.61 Å². The van der Waals surface area contributed by atoms with Gasteiger partial charge in [0.15, 0.2) is 11.7 Å². The van der Waals surface area contributed by atoms with Gasteiger partial charge in [0.25, 0.3) is 5.91 Å². The number of aryl methyl sites for hydroxylation is 3. The molecule has 0 spiro atoms. The maximum atomic E-state index is 12.2. The number of benzene rings is 2. The molecule has 152 valence electrons. The molecule has 2 aromatic heterocycles. The van der Waals surface area contributed by atoms with Crippen molar-refractivity contribution in [1.82, 2.24) is 15.0 Å². The average molecular weight is 420 g/mol. The van der Waals surface area contributed by atoms with E-state index in [0.717, 1.165) is 38.6 Å². The van der Waals surface area contributed by atoms with E-state index in [9.17, 15) is 9.59 Å². The summed E-state index contributed by atoms with van der Waals surface area (Å²) in [6.45, 7) is 5.51. The third-order valence-corrected chi connectivity index (χ3v) is 5.58. The number of imidazole rings is 1. The number of nitrogens with zero attached hydrogens (tertiary/aromatic N) is 2. The van der Waals surface area contributed by atoms with Crippen molar-refractivity contribution < 1.29 is 14.3 Å². The number of nitrogens with one attached hydrogen (secondary N) is 2. The van der Waals surface area contributed by atoms with Gasteiger partial charge in [-0.15, -0.1) is 0 Å². The van der Waals surface area contributed by atoms with E-state index in [0.29, 0.717) is 10.7 Å². The van der Waals surface area contributed by atoms with Crippen LogP contribution in [0.15, 0.2) is 42.5 Å². The number of thiazole rings is 1. The molecular formula is C22H20N4O3S. The van der Waals surface area contributed by atoms with Gasteiger partial charge in [-0.05, 0) is 50.6 Å². The summed E-state index contributed by atoms with van der Waals surface area (Å²) in [5.41, 5.74) is 5.11. The first-order valence-electron chi connectivity index (χ1n) is 9.37. The molecule has 30 heavy (non-hydrogen) atoms. The van der Waals surface area contributed by atoms with Gasteiger partial charge < -0.3 is 9.72 Å². The maximum absolute atomic E-state index is 12.2. The fraction of sp³-hybridized carbons (Fsp3) is 0.182. The molecule has 0 atom stereocenters. The molecule has 2 aromatic carbocycles. The molecule has 7 nitrogen and oxygen atoms in total. The molecule has 0 aliphatic rings. The number of ether oxygens (including phenoxy) is 1. The Kier molecular flexibility index (Phi) is 5.33. The monoisotopic (exact) mass is 420 g/mol. The van der Waals surface area contributed by atoms with Crippen LogP contribution in [-0.2, 0) is 9.53 Å². The number of H-pyrrole nitrogens is 1. The number of aromatic amines is 1. The van der Waals surface area contributed by atoms with E-state index in [4.69, 9.17) is 4.74 Å². The van der Waals surface area contributed by atoms with Crippen LogP contribution in [0.5, 0.6) is 0 Å². The highest BCUT2D eigenvalue weighted by Crippen LogP contribution is 2.26. The van der Waals surface area contributed by atoms with E-state index in [1.165, 1.54) is 11.3 Å². The maximum Gasteiger partial charge on any atom is 0.338 e. The fourth-order valence-corrected chi connectivity index (χ4v) is 3.88. The van der Waals surface area contributed by atoms with Crippen LogP contribution in [0.1, 0.15) is 27.3 Å². The second kappa shape index (κ2) is 8.08. The van der Waals surface area contributed by atoms with Gasteiger partial charge in [0.1, 0.15) is 5.82 Å². The second-order valence-corrected chi connectivity index (χ2v) is 8.02. The standard InChI is InChI=1S/C22H20N4O3S/c1-12-4-9-17-18(10-12)30-22(25-17)26-19(27)11-29-21(28)16-7-5-15(6-8-16)20-23-13(2)14(3)24-20/h4-10H,11H2,1-3H3,(H,23,24)(H,25,26,27). The predicted octanol–water partition coefficient (Wildman–Crippen LogP) is 4.41. The molecular weight excluding hydrogens is 400 g/mol. The molecule has 0 bridgehead atoms. The van der Waals surface area contributed by atoms with Crippen LogP contribution < -0.4 is 5.32 Å². The number of carbonyl (C=O) groups excluding carboxylic acids is 2. The van der Waals surface area contributed by atoms with Crippen molar-refractivity contribution in [3.8, 4) is 11.4 Å². The Bertz CT molecular complexity index is 1220. The van der Waals surface area contributed by atoms with E-state index in [1.807, 2.05) is 39.0 Å². The highest BCUT2D eigenvalue weighted by atomic mass is 32.1. The minimum absolute atomic E-state index is 0.363. The molecule has 2 heterocycles. The number of rotatable bonds is 5. The summed E-state index contributed by atoms with van der Waals surface area (Å²) in [6, 6.07) is 12.8. The first kappa shape index (κ1) is 19.8. The van der Waals surface area contributed by atoms with Gasteiger partial charge in [0, 0.05) is 11.3 Å². The van der Waals surface area contributed by atoms with E-state index >= 15 is 0 Å². The first-order valence-corrected chi connectivity index (χ1v) is 10.2. The van der Waals surface area contributed by atoms with Crippen molar-refractivity contribution in [2.24, 2.45) is 0 Å². The zero-order valence-corrected chi connectivity index (χ0v) is 17.6. The van der Waals surface area contributed by atoms with Gasteiger partial charge in [-0.25, -0.2) is 14.8 Å². The van der Waals surface area contributed by atoms with E-state index < -0.39 is 11.9 Å². The van der Waals surface area contributed by atoms with Crippen LogP contribution >= 0.6 is 11.3 Å². The highest BCUT2D eigenvalue weighted by Gasteiger charge is 2.13. The van der Waals surface area contributed by atoms with Gasteiger partial charge in [-0.2, -0.15) is 0 Å². The number of anilines is 1. The zero-order valence-electron chi connectivity index (χ0n) is 16.8. The molecule has 0 saturated heterocycles.